The molecule has 0 fully saturated rings. The van der Waals surface area contributed by atoms with Gasteiger partial charge in [-0.15, -0.1) is 0 Å². The minimum Gasteiger partial charge on any atom is -0.399 e. The van der Waals surface area contributed by atoms with Gasteiger partial charge < -0.3 is 15.6 Å². The quantitative estimate of drug-likeness (QED) is 0.627. The van der Waals surface area contributed by atoms with Crippen molar-refractivity contribution in [3.8, 4) is 0 Å². The number of aliphatic hydroxyl groups is 1. The molecule has 0 radical (unpaired) electrons. The maximum Gasteiger partial charge on any atom is 0.241 e. The zero-order chi connectivity index (χ0) is 13.8. The van der Waals surface area contributed by atoms with Gasteiger partial charge in [-0.3, -0.25) is 0 Å². The van der Waals surface area contributed by atoms with E-state index in [2.05, 4.69) is 4.72 Å². The van der Waals surface area contributed by atoms with Gasteiger partial charge in [0, 0.05) is 12.8 Å². The van der Waals surface area contributed by atoms with Crippen LogP contribution in [0, 0.1) is 6.92 Å². The van der Waals surface area contributed by atoms with Gasteiger partial charge in [-0.2, -0.15) is 0 Å². The maximum atomic E-state index is 12.0. The molecular weight excluding hydrogens is 256 g/mol. The summed E-state index contributed by atoms with van der Waals surface area (Å²) in [5, 5.41) is 9.04. The number of ether oxygens (including phenoxy) is 1. The van der Waals surface area contributed by atoms with E-state index in [1.165, 1.54) is 19.2 Å². The van der Waals surface area contributed by atoms with Crippen LogP contribution in [0.15, 0.2) is 23.1 Å². The Morgan fingerprint density at radius 3 is 2.61 bits per heavy atom. The van der Waals surface area contributed by atoms with Crippen LogP contribution in [0.5, 0.6) is 0 Å². The summed E-state index contributed by atoms with van der Waals surface area (Å²) in [4.78, 5) is 0.0783. The number of benzene rings is 1. The van der Waals surface area contributed by atoms with Gasteiger partial charge in [0.1, 0.15) is 0 Å². The summed E-state index contributed by atoms with van der Waals surface area (Å²) in [7, 11) is -2.28. The molecule has 1 rings (SSSR count). The van der Waals surface area contributed by atoms with Gasteiger partial charge in [-0.1, -0.05) is 0 Å². The van der Waals surface area contributed by atoms with Gasteiger partial charge in [0.25, 0.3) is 0 Å². The highest BCUT2D eigenvalue weighted by Gasteiger charge is 2.20. The predicted molar refractivity (Wildman–Crippen MR) is 68.7 cm³/mol. The molecule has 0 aromatic heterocycles. The van der Waals surface area contributed by atoms with E-state index in [-0.39, 0.29) is 18.1 Å². The molecule has 0 aliphatic carbocycles. The number of anilines is 1. The monoisotopic (exact) mass is 274 g/mol. The number of aliphatic hydroxyl groups excluding tert-OH is 1. The van der Waals surface area contributed by atoms with Crippen molar-refractivity contribution in [1.29, 1.82) is 0 Å². The Hall–Kier alpha value is -1.15. The minimum atomic E-state index is -3.71. The number of methoxy groups -OCH3 is 1. The van der Waals surface area contributed by atoms with Crippen LogP contribution >= 0.6 is 0 Å². The Balaban J connectivity index is 2.98. The summed E-state index contributed by atoms with van der Waals surface area (Å²) in [5.41, 5.74) is 6.74. The summed E-state index contributed by atoms with van der Waals surface area (Å²) >= 11 is 0. The summed E-state index contributed by atoms with van der Waals surface area (Å²) in [6.07, 6.45) is 0. The second-order valence-corrected chi connectivity index (χ2v) is 5.75. The number of sulfonamides is 1. The molecule has 0 spiro atoms. The van der Waals surface area contributed by atoms with Crippen LogP contribution in [0.4, 0.5) is 5.69 Å². The first-order valence-corrected chi connectivity index (χ1v) is 6.86. The Kier molecular flexibility index (Phi) is 5.09. The van der Waals surface area contributed by atoms with Gasteiger partial charge in [-0.25, -0.2) is 13.1 Å². The lowest BCUT2D eigenvalue weighted by Gasteiger charge is -2.16. The first-order chi connectivity index (χ1) is 8.39. The molecule has 102 valence electrons. The second-order valence-electron chi connectivity index (χ2n) is 4.04. The molecule has 1 aromatic rings. The molecule has 7 heteroatoms. The van der Waals surface area contributed by atoms with Crippen LogP contribution in [0.25, 0.3) is 0 Å². The van der Waals surface area contributed by atoms with Crippen LogP contribution in [0.1, 0.15) is 5.56 Å². The normalized spacial score (nSPS) is 13.5. The standard InChI is InChI=1S/C11H18N2O4S/c1-8-3-9(12)5-11(4-8)18(15,16)13-10(6-14)7-17-2/h3-5,10,13-14H,6-7,12H2,1-2H3. The molecule has 1 unspecified atom stereocenters. The SMILES string of the molecule is COCC(CO)NS(=O)(=O)c1cc(C)cc(N)c1. The molecule has 0 aliphatic heterocycles. The van der Waals surface area contributed by atoms with Crippen molar-refractivity contribution in [2.75, 3.05) is 26.1 Å². The molecule has 1 atom stereocenters. The molecule has 0 heterocycles. The zero-order valence-corrected chi connectivity index (χ0v) is 11.2. The average Bonchev–Trinajstić information content (AvgIpc) is 2.27. The third-order valence-corrected chi connectivity index (χ3v) is 3.79. The minimum absolute atomic E-state index is 0.0783. The number of rotatable bonds is 6. The Bertz CT molecular complexity index is 482. The Labute approximate surface area is 107 Å². The van der Waals surface area contributed by atoms with Crippen LogP contribution in [-0.2, 0) is 14.8 Å². The van der Waals surface area contributed by atoms with Gasteiger partial charge in [0.05, 0.1) is 24.2 Å². The van der Waals surface area contributed by atoms with E-state index in [1.54, 1.807) is 13.0 Å². The van der Waals surface area contributed by atoms with Crippen LogP contribution in [-0.4, -0.2) is 39.9 Å². The van der Waals surface area contributed by atoms with Gasteiger partial charge in [0.2, 0.25) is 10.0 Å². The van der Waals surface area contributed by atoms with Crippen molar-refractivity contribution in [2.45, 2.75) is 17.9 Å². The number of hydrogen-bond acceptors (Lipinski definition) is 5. The molecule has 0 saturated carbocycles. The number of nitrogens with one attached hydrogen (secondary N) is 1. The summed E-state index contributed by atoms with van der Waals surface area (Å²) in [5.74, 6) is 0. The fourth-order valence-corrected chi connectivity index (χ4v) is 2.89. The molecule has 0 amide bonds. The van der Waals surface area contributed by atoms with Crippen molar-refractivity contribution in [3.05, 3.63) is 23.8 Å². The zero-order valence-electron chi connectivity index (χ0n) is 10.4. The van der Waals surface area contributed by atoms with Crippen molar-refractivity contribution in [1.82, 2.24) is 4.72 Å². The smallest absolute Gasteiger partial charge is 0.241 e. The summed E-state index contributed by atoms with van der Waals surface area (Å²) in [6.45, 7) is 1.51. The van der Waals surface area contributed by atoms with E-state index >= 15 is 0 Å². The van der Waals surface area contributed by atoms with Gasteiger partial charge in [-0.05, 0) is 30.7 Å². The lowest BCUT2D eigenvalue weighted by atomic mass is 10.2. The summed E-state index contributed by atoms with van der Waals surface area (Å²) < 4.78 is 31.3. The van der Waals surface area contributed by atoms with E-state index < -0.39 is 16.1 Å². The van der Waals surface area contributed by atoms with Gasteiger partial charge >= 0.3 is 0 Å². The fourth-order valence-electron chi connectivity index (χ4n) is 1.54. The first kappa shape index (κ1) is 14.9. The van der Waals surface area contributed by atoms with Crippen LogP contribution < -0.4 is 10.5 Å². The van der Waals surface area contributed by atoms with Gasteiger partial charge in [0.15, 0.2) is 0 Å². The molecular formula is C11H18N2O4S. The van der Waals surface area contributed by atoms with E-state index in [1.807, 2.05) is 0 Å². The van der Waals surface area contributed by atoms with Crippen molar-refractivity contribution < 1.29 is 18.3 Å². The lowest BCUT2D eigenvalue weighted by Crippen LogP contribution is -2.40. The largest absolute Gasteiger partial charge is 0.399 e. The maximum absolute atomic E-state index is 12.0. The van der Waals surface area contributed by atoms with E-state index in [0.717, 1.165) is 5.56 Å². The van der Waals surface area contributed by atoms with Crippen molar-refractivity contribution in [2.24, 2.45) is 0 Å². The number of aryl methyl sites for hydroxylation is 1. The predicted octanol–water partition coefficient (Wildman–Crippen LogP) is -0.137. The fraction of sp³-hybridized carbons (Fsp3) is 0.455. The molecule has 1 aromatic carbocycles. The molecule has 0 aliphatic rings. The highest BCUT2D eigenvalue weighted by molar-refractivity contribution is 7.89. The molecule has 6 nitrogen and oxygen atoms in total. The molecule has 18 heavy (non-hydrogen) atoms. The average molecular weight is 274 g/mol. The third-order valence-electron chi connectivity index (χ3n) is 2.29. The Morgan fingerprint density at radius 2 is 2.11 bits per heavy atom. The second kappa shape index (κ2) is 6.14. The summed E-state index contributed by atoms with van der Waals surface area (Å²) in [6, 6.07) is 3.88. The lowest BCUT2D eigenvalue weighted by molar-refractivity contribution is 0.139. The number of hydrogen-bond donors (Lipinski definition) is 3. The molecule has 0 saturated heterocycles. The first-order valence-electron chi connectivity index (χ1n) is 5.38. The number of nitrogens with two attached hydrogens (primary N) is 1. The highest BCUT2D eigenvalue weighted by Crippen LogP contribution is 2.16. The number of nitrogen functional groups attached to an aromatic ring is 1. The van der Waals surface area contributed by atoms with Crippen LogP contribution in [0.2, 0.25) is 0 Å². The molecule has 4 N–H and O–H groups in total. The topological polar surface area (TPSA) is 102 Å². The van der Waals surface area contributed by atoms with E-state index in [9.17, 15) is 8.42 Å². The molecule has 0 bridgehead atoms. The van der Waals surface area contributed by atoms with Crippen LogP contribution in [0.3, 0.4) is 0 Å². The van der Waals surface area contributed by atoms with E-state index in [0.29, 0.717) is 5.69 Å². The van der Waals surface area contributed by atoms with Crippen molar-refractivity contribution in [3.63, 3.8) is 0 Å². The third kappa shape index (κ3) is 3.95. The van der Waals surface area contributed by atoms with Crippen molar-refractivity contribution >= 4 is 15.7 Å². The Morgan fingerprint density at radius 1 is 1.44 bits per heavy atom. The van der Waals surface area contributed by atoms with E-state index in [4.69, 9.17) is 15.6 Å². The highest BCUT2D eigenvalue weighted by atomic mass is 32.2.